The van der Waals surface area contributed by atoms with Crippen molar-refractivity contribution in [3.05, 3.63) is 52.5 Å². The van der Waals surface area contributed by atoms with Gasteiger partial charge in [-0.15, -0.1) is 0 Å². The molecule has 0 aliphatic rings. The van der Waals surface area contributed by atoms with Gasteiger partial charge in [-0.2, -0.15) is 4.98 Å². The summed E-state index contributed by atoms with van der Waals surface area (Å²) in [5.41, 5.74) is -0.293. The topological polar surface area (TPSA) is 89.3 Å². The second kappa shape index (κ2) is 8.52. The highest BCUT2D eigenvalue weighted by atomic mass is 19.1. The van der Waals surface area contributed by atoms with Crippen molar-refractivity contribution in [2.75, 3.05) is 5.32 Å². The minimum Gasteiger partial charge on any atom is -0.448 e. The molecule has 0 aliphatic carbocycles. The molecule has 29 heavy (non-hydrogen) atoms. The van der Waals surface area contributed by atoms with Gasteiger partial charge < -0.3 is 15.2 Å². The van der Waals surface area contributed by atoms with Crippen LogP contribution >= 0.6 is 0 Å². The SMILES string of the molecule is CC[C@@H](C)Nc1ncc2cc(Oc3ccc(F)cc3F)c(=O)n(C[C@H](C)O)c2n1. The molecule has 0 amide bonds. The molecule has 0 radical (unpaired) electrons. The Hall–Kier alpha value is -3.07. The summed E-state index contributed by atoms with van der Waals surface area (Å²) in [6.45, 7) is 5.48. The van der Waals surface area contributed by atoms with Crippen LogP contribution in [-0.2, 0) is 6.54 Å². The molecule has 1 aromatic carbocycles. The lowest BCUT2D eigenvalue weighted by molar-refractivity contribution is 0.173. The number of halogens is 2. The van der Waals surface area contributed by atoms with Crippen LogP contribution in [0.5, 0.6) is 11.5 Å². The second-order valence-electron chi connectivity index (χ2n) is 6.88. The molecule has 0 spiro atoms. The number of ether oxygens (including phenoxy) is 1. The molecule has 7 nitrogen and oxygen atoms in total. The van der Waals surface area contributed by atoms with Gasteiger partial charge in [0.05, 0.1) is 12.6 Å². The van der Waals surface area contributed by atoms with E-state index in [0.29, 0.717) is 23.0 Å². The Morgan fingerprint density at radius 3 is 2.66 bits per heavy atom. The first-order valence-corrected chi connectivity index (χ1v) is 9.26. The van der Waals surface area contributed by atoms with Crippen LogP contribution in [0.2, 0.25) is 0 Å². The van der Waals surface area contributed by atoms with Crippen LogP contribution in [0.15, 0.2) is 35.3 Å². The van der Waals surface area contributed by atoms with Crippen LogP contribution in [0.3, 0.4) is 0 Å². The standard InChI is InChI=1S/C20H22F2N4O3/c1-4-11(2)24-20-23-9-13-7-17(29-16-6-5-14(21)8-15(16)22)19(28)26(10-12(3)27)18(13)25-20/h5-9,11-12,27H,4,10H2,1-3H3,(H,23,24,25)/t11-,12+/m1/s1. The van der Waals surface area contributed by atoms with Gasteiger partial charge in [0.15, 0.2) is 17.3 Å². The Balaban J connectivity index is 2.11. The van der Waals surface area contributed by atoms with Crippen molar-refractivity contribution >= 4 is 17.0 Å². The quantitative estimate of drug-likeness (QED) is 0.627. The summed E-state index contributed by atoms with van der Waals surface area (Å²) in [5, 5.41) is 13.4. The Kier molecular flexibility index (Phi) is 6.07. The van der Waals surface area contributed by atoms with Crippen LogP contribution < -0.4 is 15.6 Å². The molecule has 0 unspecified atom stereocenters. The van der Waals surface area contributed by atoms with E-state index in [2.05, 4.69) is 15.3 Å². The number of nitrogens with one attached hydrogen (secondary N) is 1. The maximum atomic E-state index is 14.0. The zero-order valence-corrected chi connectivity index (χ0v) is 16.3. The predicted octanol–water partition coefficient (Wildman–Crippen LogP) is 3.45. The average Bonchev–Trinajstić information content (AvgIpc) is 2.67. The Labute approximate surface area is 166 Å². The zero-order chi connectivity index (χ0) is 21.1. The molecule has 2 aromatic heterocycles. The van der Waals surface area contributed by atoms with E-state index < -0.39 is 23.3 Å². The van der Waals surface area contributed by atoms with Crippen molar-refractivity contribution in [1.29, 1.82) is 0 Å². The summed E-state index contributed by atoms with van der Waals surface area (Å²) in [6, 6.07) is 4.33. The normalized spacial score (nSPS) is 13.3. The van der Waals surface area contributed by atoms with E-state index in [1.54, 1.807) is 0 Å². The monoisotopic (exact) mass is 404 g/mol. The number of pyridine rings is 1. The number of nitrogens with zero attached hydrogens (tertiary/aromatic N) is 3. The van der Waals surface area contributed by atoms with Gasteiger partial charge in [-0.25, -0.2) is 13.8 Å². The van der Waals surface area contributed by atoms with Gasteiger partial charge in [0.1, 0.15) is 11.5 Å². The molecule has 0 fully saturated rings. The van der Waals surface area contributed by atoms with Gasteiger partial charge in [-0.05, 0) is 38.5 Å². The third kappa shape index (κ3) is 4.68. The van der Waals surface area contributed by atoms with Crippen LogP contribution in [0.4, 0.5) is 14.7 Å². The van der Waals surface area contributed by atoms with Crippen LogP contribution in [0, 0.1) is 11.6 Å². The fraction of sp³-hybridized carbons (Fsp3) is 0.350. The summed E-state index contributed by atoms with van der Waals surface area (Å²) in [5.74, 6) is -1.81. The van der Waals surface area contributed by atoms with Crippen molar-refractivity contribution < 1.29 is 18.6 Å². The average molecular weight is 404 g/mol. The third-order valence-electron chi connectivity index (χ3n) is 4.34. The number of aliphatic hydroxyl groups is 1. The van der Waals surface area contributed by atoms with Gasteiger partial charge in [0.25, 0.3) is 5.56 Å². The van der Waals surface area contributed by atoms with Gasteiger partial charge in [-0.3, -0.25) is 9.36 Å². The molecular formula is C20H22F2N4O3. The highest BCUT2D eigenvalue weighted by Gasteiger charge is 2.17. The van der Waals surface area contributed by atoms with E-state index in [9.17, 15) is 18.7 Å². The number of benzene rings is 1. The Bertz CT molecular complexity index is 1090. The summed E-state index contributed by atoms with van der Waals surface area (Å²) >= 11 is 0. The van der Waals surface area contributed by atoms with Crippen molar-refractivity contribution in [3.8, 4) is 11.5 Å². The van der Waals surface area contributed by atoms with Crippen molar-refractivity contribution in [2.24, 2.45) is 0 Å². The van der Waals surface area contributed by atoms with Crippen LogP contribution in [0.25, 0.3) is 11.0 Å². The number of aliphatic hydroxyl groups excluding tert-OH is 1. The Morgan fingerprint density at radius 1 is 1.24 bits per heavy atom. The highest BCUT2D eigenvalue weighted by Crippen LogP contribution is 2.25. The van der Waals surface area contributed by atoms with Crippen molar-refractivity contribution in [1.82, 2.24) is 14.5 Å². The molecule has 3 aromatic rings. The van der Waals surface area contributed by atoms with Crippen LogP contribution in [0.1, 0.15) is 27.2 Å². The predicted molar refractivity (Wildman–Crippen MR) is 105 cm³/mol. The number of aromatic nitrogens is 3. The maximum Gasteiger partial charge on any atom is 0.295 e. The Morgan fingerprint density at radius 2 is 2.00 bits per heavy atom. The molecule has 154 valence electrons. The highest BCUT2D eigenvalue weighted by molar-refractivity contribution is 5.77. The fourth-order valence-electron chi connectivity index (χ4n) is 2.71. The molecule has 9 heteroatoms. The summed E-state index contributed by atoms with van der Waals surface area (Å²) in [6.07, 6.45) is 1.53. The van der Waals surface area contributed by atoms with Crippen molar-refractivity contribution in [2.45, 2.75) is 45.9 Å². The number of hydrogen-bond donors (Lipinski definition) is 2. The van der Waals surface area contributed by atoms with E-state index in [-0.39, 0.29) is 24.1 Å². The van der Waals surface area contributed by atoms with Gasteiger partial charge >= 0.3 is 0 Å². The van der Waals surface area contributed by atoms with Crippen molar-refractivity contribution in [3.63, 3.8) is 0 Å². The number of anilines is 1. The molecule has 2 heterocycles. The van der Waals surface area contributed by atoms with E-state index >= 15 is 0 Å². The molecule has 2 atom stereocenters. The molecule has 2 N–H and O–H groups in total. The smallest absolute Gasteiger partial charge is 0.295 e. The van der Waals surface area contributed by atoms with Gasteiger partial charge in [-0.1, -0.05) is 6.92 Å². The third-order valence-corrected chi connectivity index (χ3v) is 4.34. The van der Waals surface area contributed by atoms with Gasteiger partial charge in [0, 0.05) is 23.7 Å². The largest absolute Gasteiger partial charge is 0.448 e. The van der Waals surface area contributed by atoms with E-state index in [4.69, 9.17) is 4.74 Å². The summed E-state index contributed by atoms with van der Waals surface area (Å²) < 4.78 is 33.7. The van der Waals surface area contributed by atoms with E-state index in [1.807, 2.05) is 13.8 Å². The second-order valence-corrected chi connectivity index (χ2v) is 6.88. The summed E-state index contributed by atoms with van der Waals surface area (Å²) in [4.78, 5) is 21.6. The lowest BCUT2D eigenvalue weighted by atomic mass is 10.2. The van der Waals surface area contributed by atoms with Crippen LogP contribution in [-0.4, -0.2) is 31.8 Å². The number of fused-ring (bicyclic) bond motifs is 1. The zero-order valence-electron chi connectivity index (χ0n) is 16.3. The first kappa shape index (κ1) is 20.7. The molecule has 3 rings (SSSR count). The molecule has 0 saturated carbocycles. The minimum absolute atomic E-state index is 0.0434. The first-order valence-electron chi connectivity index (χ1n) is 9.26. The first-order chi connectivity index (χ1) is 13.8. The van der Waals surface area contributed by atoms with E-state index in [0.717, 1.165) is 18.6 Å². The molecule has 0 bridgehead atoms. The molecular weight excluding hydrogens is 382 g/mol. The minimum atomic E-state index is -0.934. The molecule has 0 aliphatic heterocycles. The number of rotatable bonds is 7. The maximum absolute atomic E-state index is 14.0. The van der Waals surface area contributed by atoms with Gasteiger partial charge in [0.2, 0.25) is 5.95 Å². The lowest BCUT2D eigenvalue weighted by Gasteiger charge is -2.16. The van der Waals surface area contributed by atoms with E-state index in [1.165, 1.54) is 23.8 Å². The summed E-state index contributed by atoms with van der Waals surface area (Å²) in [7, 11) is 0. The fourth-order valence-corrected chi connectivity index (χ4v) is 2.71. The molecule has 0 saturated heterocycles. The number of hydrogen-bond acceptors (Lipinski definition) is 6. The lowest BCUT2D eigenvalue weighted by Crippen LogP contribution is -2.27.